The van der Waals surface area contributed by atoms with Crippen molar-refractivity contribution < 1.29 is 9.53 Å². The second kappa shape index (κ2) is 6.27. The van der Waals surface area contributed by atoms with Gasteiger partial charge in [-0.25, -0.2) is 9.50 Å². The minimum absolute atomic E-state index is 0.142. The number of nitrogens with zero attached hydrogens (tertiary/aromatic N) is 5. The van der Waals surface area contributed by atoms with Gasteiger partial charge >= 0.3 is 0 Å². The predicted molar refractivity (Wildman–Crippen MR) is 100 cm³/mol. The van der Waals surface area contributed by atoms with Crippen LogP contribution < -0.4 is 0 Å². The standard InChI is InChI=1S/C20H27N5O2/c1-12-6-19-21-8-16-17-5-4-15(7-18(16)25(19)22-12)24(17)20(26)11-23-9-13(2)27-14(3)10-23/h6,8,13-15,17H,4-5,7,9-11H2,1-3H3/t13-,14-,15+,17+/m0/s1. The van der Waals surface area contributed by atoms with Crippen molar-refractivity contribution in [1.29, 1.82) is 0 Å². The van der Waals surface area contributed by atoms with Crippen LogP contribution in [0.5, 0.6) is 0 Å². The number of fused-ring (bicyclic) bond motifs is 6. The first-order valence-electron chi connectivity index (χ1n) is 10.0. The Hall–Kier alpha value is -1.99. The maximum atomic E-state index is 13.2. The van der Waals surface area contributed by atoms with Crippen LogP contribution in [0.4, 0.5) is 0 Å². The third kappa shape index (κ3) is 2.84. The fourth-order valence-corrected chi connectivity index (χ4v) is 5.27. The van der Waals surface area contributed by atoms with E-state index >= 15 is 0 Å². The Morgan fingerprint density at radius 2 is 2.04 bits per heavy atom. The molecule has 7 nitrogen and oxygen atoms in total. The fraction of sp³-hybridized carbons (Fsp3) is 0.650. The highest BCUT2D eigenvalue weighted by Crippen LogP contribution is 2.43. The number of amides is 1. The van der Waals surface area contributed by atoms with E-state index in [4.69, 9.17) is 4.74 Å². The highest BCUT2D eigenvalue weighted by molar-refractivity contribution is 5.80. The van der Waals surface area contributed by atoms with Crippen molar-refractivity contribution in [2.24, 2.45) is 0 Å². The number of morpholine rings is 1. The smallest absolute Gasteiger partial charge is 0.237 e. The lowest BCUT2D eigenvalue weighted by atomic mass is 9.99. The average Bonchev–Trinajstić information content (AvgIpc) is 3.13. The summed E-state index contributed by atoms with van der Waals surface area (Å²) in [4.78, 5) is 22.2. The van der Waals surface area contributed by atoms with Crippen molar-refractivity contribution in [2.45, 2.75) is 64.3 Å². The molecule has 2 saturated heterocycles. The van der Waals surface area contributed by atoms with Gasteiger partial charge in [0, 0.05) is 43.4 Å². The van der Waals surface area contributed by atoms with Crippen molar-refractivity contribution in [1.82, 2.24) is 24.4 Å². The summed E-state index contributed by atoms with van der Waals surface area (Å²) >= 11 is 0. The van der Waals surface area contributed by atoms with E-state index in [1.807, 2.05) is 23.7 Å². The molecular formula is C20H27N5O2. The first-order valence-corrected chi connectivity index (χ1v) is 10.0. The summed E-state index contributed by atoms with van der Waals surface area (Å²) in [5.74, 6) is 0.242. The Labute approximate surface area is 159 Å². The van der Waals surface area contributed by atoms with Crippen LogP contribution in [-0.4, -0.2) is 68.2 Å². The van der Waals surface area contributed by atoms with Gasteiger partial charge in [0.15, 0.2) is 5.65 Å². The van der Waals surface area contributed by atoms with E-state index in [9.17, 15) is 4.79 Å². The summed E-state index contributed by atoms with van der Waals surface area (Å²) in [6, 6.07) is 2.44. The largest absolute Gasteiger partial charge is 0.373 e. The molecule has 0 radical (unpaired) electrons. The summed E-state index contributed by atoms with van der Waals surface area (Å²) in [5.41, 5.74) is 4.30. The molecule has 0 unspecified atom stereocenters. The normalized spacial score (nSPS) is 30.7. The van der Waals surface area contributed by atoms with E-state index < -0.39 is 0 Å². The minimum Gasteiger partial charge on any atom is -0.373 e. The number of hydrogen-bond donors (Lipinski definition) is 0. The molecule has 2 aromatic rings. The van der Waals surface area contributed by atoms with Gasteiger partial charge in [-0.05, 0) is 33.6 Å². The maximum absolute atomic E-state index is 13.2. The van der Waals surface area contributed by atoms with Gasteiger partial charge in [0.25, 0.3) is 0 Å². The lowest BCUT2D eigenvalue weighted by Crippen LogP contribution is -2.52. The number of ether oxygens (including phenoxy) is 1. The molecule has 144 valence electrons. The molecule has 7 heteroatoms. The topological polar surface area (TPSA) is 63.0 Å². The highest BCUT2D eigenvalue weighted by atomic mass is 16.5. The molecule has 2 bridgehead atoms. The summed E-state index contributed by atoms with van der Waals surface area (Å²) in [7, 11) is 0. The van der Waals surface area contributed by atoms with Gasteiger partial charge < -0.3 is 9.64 Å². The van der Waals surface area contributed by atoms with Crippen LogP contribution in [-0.2, 0) is 16.0 Å². The van der Waals surface area contributed by atoms with Gasteiger partial charge in [-0.15, -0.1) is 0 Å². The summed E-state index contributed by atoms with van der Waals surface area (Å²) in [6.45, 7) is 8.29. The Kier molecular flexibility index (Phi) is 3.98. The van der Waals surface area contributed by atoms with Crippen LogP contribution in [0, 0.1) is 6.92 Å². The molecule has 1 amide bonds. The van der Waals surface area contributed by atoms with Gasteiger partial charge in [0.05, 0.1) is 36.2 Å². The fourth-order valence-electron chi connectivity index (χ4n) is 5.27. The van der Waals surface area contributed by atoms with E-state index in [1.54, 1.807) is 0 Å². The molecule has 0 saturated carbocycles. The molecule has 4 atom stereocenters. The van der Waals surface area contributed by atoms with Crippen molar-refractivity contribution in [2.75, 3.05) is 19.6 Å². The van der Waals surface area contributed by atoms with Crippen molar-refractivity contribution in [3.05, 3.63) is 29.2 Å². The van der Waals surface area contributed by atoms with Gasteiger partial charge in [0.1, 0.15) is 0 Å². The van der Waals surface area contributed by atoms with Crippen LogP contribution in [0.3, 0.4) is 0 Å². The Bertz CT molecular complexity index is 884. The molecule has 0 aliphatic carbocycles. The summed E-state index contributed by atoms with van der Waals surface area (Å²) in [5, 5.41) is 4.63. The van der Waals surface area contributed by atoms with Crippen molar-refractivity contribution in [3.63, 3.8) is 0 Å². The number of carbonyl (C=O) groups is 1. The first-order chi connectivity index (χ1) is 13.0. The highest BCUT2D eigenvalue weighted by Gasteiger charge is 2.44. The van der Waals surface area contributed by atoms with Gasteiger partial charge in [-0.1, -0.05) is 0 Å². The van der Waals surface area contributed by atoms with Crippen LogP contribution in [0.15, 0.2) is 12.3 Å². The number of hydrogen-bond acceptors (Lipinski definition) is 5. The molecule has 3 aliphatic rings. The third-order valence-corrected chi connectivity index (χ3v) is 6.17. The molecule has 2 fully saturated rings. The van der Waals surface area contributed by atoms with Gasteiger partial charge in [-0.3, -0.25) is 9.69 Å². The number of rotatable bonds is 2. The van der Waals surface area contributed by atoms with E-state index in [1.165, 1.54) is 11.3 Å². The van der Waals surface area contributed by atoms with Gasteiger partial charge in [0.2, 0.25) is 5.91 Å². The monoisotopic (exact) mass is 369 g/mol. The van der Waals surface area contributed by atoms with Gasteiger partial charge in [-0.2, -0.15) is 5.10 Å². The molecule has 3 aliphatic heterocycles. The van der Waals surface area contributed by atoms with E-state index in [-0.39, 0.29) is 30.2 Å². The molecule has 5 rings (SSSR count). The van der Waals surface area contributed by atoms with Crippen LogP contribution in [0.25, 0.3) is 5.65 Å². The molecular weight excluding hydrogens is 342 g/mol. The summed E-state index contributed by atoms with van der Waals surface area (Å²) < 4.78 is 7.79. The molecule has 2 aromatic heterocycles. The minimum atomic E-state index is 0.142. The number of aryl methyl sites for hydroxylation is 1. The zero-order valence-corrected chi connectivity index (χ0v) is 16.3. The average molecular weight is 369 g/mol. The van der Waals surface area contributed by atoms with Crippen molar-refractivity contribution >= 4 is 11.6 Å². The second-order valence-electron chi connectivity index (χ2n) is 8.42. The molecule has 0 N–H and O–H groups in total. The van der Waals surface area contributed by atoms with E-state index in [0.29, 0.717) is 6.54 Å². The van der Waals surface area contributed by atoms with Crippen LogP contribution in [0.1, 0.15) is 49.7 Å². The number of aromatic nitrogens is 3. The first kappa shape index (κ1) is 17.1. The second-order valence-corrected chi connectivity index (χ2v) is 8.42. The number of carbonyl (C=O) groups excluding carboxylic acids is 1. The Morgan fingerprint density at radius 3 is 2.81 bits per heavy atom. The quantitative estimate of drug-likeness (QED) is 0.807. The lowest BCUT2D eigenvalue weighted by molar-refractivity contribution is -0.139. The zero-order chi connectivity index (χ0) is 18.7. The summed E-state index contributed by atoms with van der Waals surface area (Å²) in [6.07, 6.45) is 5.28. The Balaban J connectivity index is 1.41. The van der Waals surface area contributed by atoms with E-state index in [0.717, 1.165) is 43.7 Å². The predicted octanol–water partition coefficient (Wildman–Crippen LogP) is 1.74. The molecule has 0 aromatic carbocycles. The zero-order valence-electron chi connectivity index (χ0n) is 16.3. The maximum Gasteiger partial charge on any atom is 0.237 e. The van der Waals surface area contributed by atoms with Crippen molar-refractivity contribution in [3.8, 4) is 0 Å². The third-order valence-electron chi connectivity index (χ3n) is 6.17. The lowest BCUT2D eigenvalue weighted by Gasteiger charge is -2.39. The van der Waals surface area contributed by atoms with Crippen LogP contribution >= 0.6 is 0 Å². The molecule has 27 heavy (non-hydrogen) atoms. The Morgan fingerprint density at radius 1 is 1.26 bits per heavy atom. The molecule has 5 heterocycles. The SMILES string of the molecule is Cc1cc2ncc3c(n2n1)C[C@H]1CC[C@H]3N1C(=O)CN1C[C@H](C)O[C@@H](C)C1. The molecule has 0 spiro atoms. The van der Waals surface area contributed by atoms with E-state index in [2.05, 4.69) is 33.7 Å². The van der Waals surface area contributed by atoms with Crippen LogP contribution in [0.2, 0.25) is 0 Å².